The first-order valence-corrected chi connectivity index (χ1v) is 6.91. The van der Waals surface area contributed by atoms with E-state index in [-0.39, 0.29) is 0 Å². The fourth-order valence-electron chi connectivity index (χ4n) is 2.30. The molecule has 0 atom stereocenters. The molecule has 0 saturated heterocycles. The van der Waals surface area contributed by atoms with Crippen LogP contribution in [0.2, 0.25) is 0 Å². The van der Waals surface area contributed by atoms with Crippen molar-refractivity contribution in [2.45, 2.75) is 70.6 Å². The highest BCUT2D eigenvalue weighted by Crippen LogP contribution is 2.15. The summed E-state index contributed by atoms with van der Waals surface area (Å²) < 4.78 is 0. The van der Waals surface area contributed by atoms with Crippen LogP contribution in [0.15, 0.2) is 11.8 Å². The summed E-state index contributed by atoms with van der Waals surface area (Å²) in [6.07, 6.45) is 17.2. The quantitative estimate of drug-likeness (QED) is 0.706. The second-order valence-corrected chi connectivity index (χ2v) is 4.76. The van der Waals surface area contributed by atoms with Crippen LogP contribution in [-0.2, 0) is 4.84 Å². The molecule has 1 aliphatic rings. The van der Waals surface area contributed by atoms with Gasteiger partial charge < -0.3 is 0 Å². The van der Waals surface area contributed by atoms with Gasteiger partial charge in [0.25, 0.3) is 0 Å². The summed E-state index contributed by atoms with van der Waals surface area (Å²) >= 11 is 0. The standard InChI is InChI=1S/C14H27NO/c1-16-15-14-12-10-8-6-4-2-3-5-7-9-11-13-14/h12,15H,2-11,13H2,1H3. The Kier molecular flexibility index (Phi) is 8.23. The summed E-state index contributed by atoms with van der Waals surface area (Å²) in [5.41, 5.74) is 4.29. The maximum Gasteiger partial charge on any atom is 0.0636 e. The molecule has 2 heteroatoms. The topological polar surface area (TPSA) is 21.3 Å². The number of rotatable bonds is 2. The third-order valence-corrected chi connectivity index (χ3v) is 3.27. The summed E-state index contributed by atoms with van der Waals surface area (Å²) in [6.45, 7) is 0. The van der Waals surface area contributed by atoms with Gasteiger partial charge in [0.2, 0.25) is 0 Å². The molecule has 16 heavy (non-hydrogen) atoms. The van der Waals surface area contributed by atoms with Gasteiger partial charge >= 0.3 is 0 Å². The van der Waals surface area contributed by atoms with Crippen LogP contribution in [0.3, 0.4) is 0 Å². The third-order valence-electron chi connectivity index (χ3n) is 3.27. The maximum absolute atomic E-state index is 5.01. The van der Waals surface area contributed by atoms with Crippen molar-refractivity contribution in [2.75, 3.05) is 7.11 Å². The lowest BCUT2D eigenvalue weighted by atomic mass is 10.1. The first kappa shape index (κ1) is 13.6. The Balaban J connectivity index is 2.30. The van der Waals surface area contributed by atoms with Crippen LogP contribution in [0.1, 0.15) is 70.6 Å². The Hall–Kier alpha value is -0.500. The van der Waals surface area contributed by atoms with Crippen LogP contribution in [0.4, 0.5) is 0 Å². The highest BCUT2D eigenvalue weighted by atomic mass is 16.6. The van der Waals surface area contributed by atoms with E-state index in [0.717, 1.165) is 6.42 Å². The van der Waals surface area contributed by atoms with Gasteiger partial charge in [-0.1, -0.05) is 51.0 Å². The predicted octanol–water partition coefficient (Wildman–Crippen LogP) is 4.33. The number of nitrogens with one attached hydrogen (secondary N) is 1. The Bertz CT molecular complexity index is 189. The molecule has 0 spiro atoms. The zero-order valence-corrected chi connectivity index (χ0v) is 10.8. The molecule has 1 aliphatic carbocycles. The molecule has 0 aliphatic heterocycles. The molecule has 2 nitrogen and oxygen atoms in total. The first-order chi connectivity index (χ1) is 7.93. The van der Waals surface area contributed by atoms with E-state index in [1.54, 1.807) is 7.11 Å². The fraction of sp³-hybridized carbons (Fsp3) is 0.857. The van der Waals surface area contributed by atoms with Crippen LogP contribution in [0, 0.1) is 0 Å². The molecular weight excluding hydrogens is 198 g/mol. The monoisotopic (exact) mass is 225 g/mol. The molecule has 0 aromatic rings. The van der Waals surface area contributed by atoms with Gasteiger partial charge in [-0.25, -0.2) is 0 Å². The Morgan fingerprint density at radius 3 is 2.06 bits per heavy atom. The molecule has 94 valence electrons. The van der Waals surface area contributed by atoms with Crippen molar-refractivity contribution in [1.82, 2.24) is 5.48 Å². The predicted molar refractivity (Wildman–Crippen MR) is 69.0 cm³/mol. The average molecular weight is 225 g/mol. The van der Waals surface area contributed by atoms with Gasteiger partial charge in [-0.05, 0) is 25.7 Å². The van der Waals surface area contributed by atoms with Crippen LogP contribution in [-0.4, -0.2) is 7.11 Å². The molecule has 0 radical (unpaired) electrons. The van der Waals surface area contributed by atoms with Crippen molar-refractivity contribution in [1.29, 1.82) is 0 Å². The number of allylic oxidation sites excluding steroid dienone is 2. The molecule has 0 unspecified atom stereocenters. The van der Waals surface area contributed by atoms with Crippen molar-refractivity contribution < 1.29 is 4.84 Å². The molecular formula is C14H27NO. The van der Waals surface area contributed by atoms with Gasteiger partial charge in [-0.3, -0.25) is 10.3 Å². The first-order valence-electron chi connectivity index (χ1n) is 6.91. The van der Waals surface area contributed by atoms with Crippen molar-refractivity contribution in [3.63, 3.8) is 0 Å². The molecule has 0 saturated carbocycles. The highest BCUT2D eigenvalue weighted by molar-refractivity contribution is 4.97. The highest BCUT2D eigenvalue weighted by Gasteiger charge is 1.99. The second kappa shape index (κ2) is 9.71. The second-order valence-electron chi connectivity index (χ2n) is 4.76. The lowest BCUT2D eigenvalue weighted by Crippen LogP contribution is -2.11. The smallest absolute Gasteiger partial charge is 0.0636 e. The normalized spacial score (nSPS) is 21.2. The number of hydrogen-bond acceptors (Lipinski definition) is 2. The molecule has 0 heterocycles. The van der Waals surface area contributed by atoms with Crippen molar-refractivity contribution in [3.05, 3.63) is 11.8 Å². The van der Waals surface area contributed by atoms with E-state index in [1.165, 1.54) is 69.9 Å². The van der Waals surface area contributed by atoms with E-state index in [4.69, 9.17) is 4.84 Å². The summed E-state index contributed by atoms with van der Waals surface area (Å²) in [6, 6.07) is 0. The van der Waals surface area contributed by atoms with Gasteiger partial charge in [-0.15, -0.1) is 0 Å². The van der Waals surface area contributed by atoms with E-state index in [0.29, 0.717) is 0 Å². The van der Waals surface area contributed by atoms with Crippen molar-refractivity contribution in [2.24, 2.45) is 0 Å². The van der Waals surface area contributed by atoms with E-state index in [2.05, 4.69) is 11.6 Å². The molecule has 0 aromatic heterocycles. The largest absolute Gasteiger partial charge is 0.280 e. The van der Waals surface area contributed by atoms with Crippen molar-refractivity contribution in [3.8, 4) is 0 Å². The van der Waals surface area contributed by atoms with E-state index in [1.807, 2.05) is 0 Å². The Morgan fingerprint density at radius 1 is 0.875 bits per heavy atom. The molecule has 0 fully saturated rings. The zero-order chi connectivity index (χ0) is 11.5. The van der Waals surface area contributed by atoms with Crippen LogP contribution >= 0.6 is 0 Å². The Labute approximate surface area is 100 Å². The van der Waals surface area contributed by atoms with Crippen molar-refractivity contribution >= 4 is 0 Å². The van der Waals surface area contributed by atoms with Crippen LogP contribution in [0.5, 0.6) is 0 Å². The molecule has 0 aromatic carbocycles. The van der Waals surface area contributed by atoms with Crippen LogP contribution < -0.4 is 5.48 Å². The number of hydrogen-bond donors (Lipinski definition) is 1. The lowest BCUT2D eigenvalue weighted by Gasteiger charge is -2.08. The van der Waals surface area contributed by atoms with E-state index < -0.39 is 0 Å². The SMILES string of the molecule is CONC1=CCCCCCCCCCCC1. The van der Waals surface area contributed by atoms with E-state index in [9.17, 15) is 0 Å². The summed E-state index contributed by atoms with van der Waals surface area (Å²) in [5, 5.41) is 0. The third kappa shape index (κ3) is 6.89. The van der Waals surface area contributed by atoms with Gasteiger partial charge in [0.15, 0.2) is 0 Å². The lowest BCUT2D eigenvalue weighted by molar-refractivity contribution is 0.114. The summed E-state index contributed by atoms with van der Waals surface area (Å²) in [5.74, 6) is 0. The van der Waals surface area contributed by atoms with Crippen LogP contribution in [0.25, 0.3) is 0 Å². The molecule has 1 rings (SSSR count). The Morgan fingerprint density at radius 2 is 1.44 bits per heavy atom. The minimum atomic E-state index is 1.15. The van der Waals surface area contributed by atoms with Gasteiger partial charge in [0.05, 0.1) is 7.11 Å². The fourth-order valence-corrected chi connectivity index (χ4v) is 2.30. The minimum absolute atomic E-state index is 1.15. The zero-order valence-electron chi connectivity index (χ0n) is 10.8. The molecule has 1 N–H and O–H groups in total. The number of hydroxylamine groups is 1. The minimum Gasteiger partial charge on any atom is -0.280 e. The molecule has 0 bridgehead atoms. The van der Waals surface area contributed by atoms with Gasteiger partial charge in [0, 0.05) is 5.70 Å². The summed E-state index contributed by atoms with van der Waals surface area (Å²) in [7, 11) is 1.70. The molecule has 0 amide bonds. The maximum atomic E-state index is 5.01. The van der Waals surface area contributed by atoms with Gasteiger partial charge in [-0.2, -0.15) is 0 Å². The van der Waals surface area contributed by atoms with Gasteiger partial charge in [0.1, 0.15) is 0 Å². The van der Waals surface area contributed by atoms with E-state index >= 15 is 0 Å². The average Bonchev–Trinajstić information content (AvgIpc) is 2.31. The summed E-state index contributed by atoms with van der Waals surface area (Å²) in [4.78, 5) is 5.01.